The van der Waals surface area contributed by atoms with Crippen LogP contribution in [0.2, 0.25) is 0 Å². The minimum absolute atomic E-state index is 0.287. The first-order chi connectivity index (χ1) is 9.13. The van der Waals surface area contributed by atoms with Crippen molar-refractivity contribution in [2.45, 2.75) is 53.0 Å². The number of hydrogen-bond acceptors (Lipinski definition) is 2. The van der Waals surface area contributed by atoms with E-state index in [1.54, 1.807) is 0 Å². The quantitative estimate of drug-likeness (QED) is 0.779. The van der Waals surface area contributed by atoms with Crippen molar-refractivity contribution in [1.29, 1.82) is 0 Å². The summed E-state index contributed by atoms with van der Waals surface area (Å²) < 4.78 is 2.22. The molecule has 0 amide bonds. The molecule has 2 heterocycles. The maximum absolute atomic E-state index is 12.5. The van der Waals surface area contributed by atoms with E-state index in [2.05, 4.69) is 36.3 Å². The first-order valence-electron chi connectivity index (χ1n) is 7.55. The molecule has 0 unspecified atom stereocenters. The molecule has 0 N–H and O–H groups in total. The van der Waals surface area contributed by atoms with Crippen LogP contribution in [0.5, 0.6) is 0 Å². The Kier molecular flexibility index (Phi) is 4.81. The number of carbonyl (C=O) groups is 1. The molecule has 19 heavy (non-hydrogen) atoms. The molecule has 106 valence electrons. The zero-order valence-corrected chi connectivity index (χ0v) is 12.5. The van der Waals surface area contributed by atoms with Gasteiger partial charge in [-0.1, -0.05) is 12.8 Å². The zero-order chi connectivity index (χ0) is 13.8. The summed E-state index contributed by atoms with van der Waals surface area (Å²) in [5, 5.41) is 0. The Balaban J connectivity index is 2.07. The molecule has 1 aliphatic heterocycles. The van der Waals surface area contributed by atoms with Gasteiger partial charge in [0, 0.05) is 23.5 Å². The fourth-order valence-corrected chi connectivity index (χ4v) is 3.15. The number of hydrogen-bond donors (Lipinski definition) is 0. The van der Waals surface area contributed by atoms with Crippen LogP contribution < -0.4 is 0 Å². The Bertz CT molecular complexity index is 440. The summed E-state index contributed by atoms with van der Waals surface area (Å²) in [5.74, 6) is 0.287. The van der Waals surface area contributed by atoms with E-state index in [9.17, 15) is 4.79 Å². The normalized spacial score (nSPS) is 17.4. The summed E-state index contributed by atoms with van der Waals surface area (Å²) in [4.78, 5) is 14.8. The van der Waals surface area contributed by atoms with E-state index < -0.39 is 0 Å². The maximum Gasteiger partial charge on any atom is 0.178 e. The number of ketones is 1. The zero-order valence-electron chi connectivity index (χ0n) is 12.5. The van der Waals surface area contributed by atoms with Crippen LogP contribution in [-0.2, 0) is 6.54 Å². The van der Waals surface area contributed by atoms with E-state index in [0.29, 0.717) is 6.54 Å². The lowest BCUT2D eigenvalue weighted by molar-refractivity contribution is 0.0932. The summed E-state index contributed by atoms with van der Waals surface area (Å²) in [6.45, 7) is 9.97. The van der Waals surface area contributed by atoms with Gasteiger partial charge in [-0.25, -0.2) is 0 Å². The van der Waals surface area contributed by atoms with Crippen LogP contribution in [-0.4, -0.2) is 34.9 Å². The van der Waals surface area contributed by atoms with Crippen molar-refractivity contribution in [2.24, 2.45) is 0 Å². The number of likely N-dealkylation sites (tertiary alicyclic amines) is 1. The molecule has 0 spiro atoms. The summed E-state index contributed by atoms with van der Waals surface area (Å²) in [6, 6.07) is 2.05. The van der Waals surface area contributed by atoms with Gasteiger partial charge in [0.05, 0.1) is 6.54 Å². The van der Waals surface area contributed by atoms with Gasteiger partial charge in [-0.05, 0) is 52.8 Å². The number of Topliss-reactive ketones (excluding diaryl/α,β-unsaturated/α-hetero) is 1. The molecule has 0 saturated carbocycles. The fraction of sp³-hybridized carbons (Fsp3) is 0.688. The van der Waals surface area contributed by atoms with Crippen molar-refractivity contribution >= 4 is 5.78 Å². The highest BCUT2D eigenvalue weighted by atomic mass is 16.1. The molecule has 1 aromatic heterocycles. The van der Waals surface area contributed by atoms with Gasteiger partial charge in [-0.3, -0.25) is 9.69 Å². The number of carbonyl (C=O) groups excluding carboxylic acids is 1. The molecule has 3 nitrogen and oxygen atoms in total. The molecule has 0 aromatic carbocycles. The average Bonchev–Trinajstić information content (AvgIpc) is 2.58. The van der Waals surface area contributed by atoms with Crippen molar-refractivity contribution in [3.8, 4) is 0 Å². The minimum Gasteiger partial charge on any atom is -0.349 e. The second kappa shape index (κ2) is 6.38. The summed E-state index contributed by atoms with van der Waals surface area (Å²) in [6.07, 6.45) is 5.10. The third-order valence-electron chi connectivity index (χ3n) is 4.26. The van der Waals surface area contributed by atoms with Crippen molar-refractivity contribution in [3.05, 3.63) is 23.0 Å². The van der Waals surface area contributed by atoms with Crippen LogP contribution in [0.1, 0.15) is 54.4 Å². The molecule has 0 radical (unpaired) electrons. The van der Waals surface area contributed by atoms with Gasteiger partial charge in [0.2, 0.25) is 0 Å². The van der Waals surface area contributed by atoms with Crippen LogP contribution in [0.15, 0.2) is 6.07 Å². The van der Waals surface area contributed by atoms with Gasteiger partial charge in [0.15, 0.2) is 5.78 Å². The minimum atomic E-state index is 0.287. The van der Waals surface area contributed by atoms with Crippen LogP contribution in [0, 0.1) is 13.8 Å². The Labute approximate surface area is 116 Å². The third kappa shape index (κ3) is 3.27. The van der Waals surface area contributed by atoms with Crippen LogP contribution in [0.25, 0.3) is 0 Å². The highest BCUT2D eigenvalue weighted by Gasteiger charge is 2.18. The van der Waals surface area contributed by atoms with Crippen molar-refractivity contribution < 1.29 is 4.79 Å². The van der Waals surface area contributed by atoms with E-state index in [0.717, 1.165) is 30.9 Å². The predicted molar refractivity (Wildman–Crippen MR) is 78.8 cm³/mol. The van der Waals surface area contributed by atoms with E-state index in [1.165, 1.54) is 31.4 Å². The van der Waals surface area contributed by atoms with Crippen LogP contribution >= 0.6 is 0 Å². The number of nitrogens with zero attached hydrogens (tertiary/aromatic N) is 2. The average molecular weight is 262 g/mol. The Morgan fingerprint density at radius 2 is 1.79 bits per heavy atom. The lowest BCUT2D eigenvalue weighted by Gasteiger charge is -2.18. The molecule has 1 fully saturated rings. The van der Waals surface area contributed by atoms with Crippen LogP contribution in [0.3, 0.4) is 0 Å². The lowest BCUT2D eigenvalue weighted by atomic mass is 10.1. The summed E-state index contributed by atoms with van der Waals surface area (Å²) in [5.41, 5.74) is 3.24. The van der Waals surface area contributed by atoms with E-state index in [-0.39, 0.29) is 5.78 Å². The second-order valence-electron chi connectivity index (χ2n) is 5.64. The van der Waals surface area contributed by atoms with Crippen molar-refractivity contribution in [3.63, 3.8) is 0 Å². The first kappa shape index (κ1) is 14.3. The molecule has 3 heteroatoms. The molecule has 1 aromatic rings. The fourth-order valence-electron chi connectivity index (χ4n) is 3.15. The summed E-state index contributed by atoms with van der Waals surface area (Å²) in [7, 11) is 0. The Hall–Kier alpha value is -1.09. The van der Waals surface area contributed by atoms with Crippen molar-refractivity contribution in [2.75, 3.05) is 19.6 Å². The van der Waals surface area contributed by atoms with Gasteiger partial charge in [0.25, 0.3) is 0 Å². The monoisotopic (exact) mass is 262 g/mol. The maximum atomic E-state index is 12.5. The van der Waals surface area contributed by atoms with Crippen molar-refractivity contribution in [1.82, 2.24) is 9.47 Å². The topological polar surface area (TPSA) is 25.2 Å². The van der Waals surface area contributed by atoms with Gasteiger partial charge >= 0.3 is 0 Å². The van der Waals surface area contributed by atoms with E-state index in [4.69, 9.17) is 0 Å². The second-order valence-corrected chi connectivity index (χ2v) is 5.64. The highest BCUT2D eigenvalue weighted by molar-refractivity contribution is 5.99. The first-order valence-corrected chi connectivity index (χ1v) is 7.55. The molecular formula is C16H26N2O. The van der Waals surface area contributed by atoms with E-state index in [1.807, 2.05) is 0 Å². The van der Waals surface area contributed by atoms with Gasteiger partial charge < -0.3 is 4.57 Å². The van der Waals surface area contributed by atoms with E-state index >= 15 is 0 Å². The number of rotatable bonds is 4. The Morgan fingerprint density at radius 1 is 1.16 bits per heavy atom. The molecule has 2 rings (SSSR count). The van der Waals surface area contributed by atoms with Gasteiger partial charge in [0.1, 0.15) is 0 Å². The lowest BCUT2D eigenvalue weighted by Crippen LogP contribution is -2.31. The highest BCUT2D eigenvalue weighted by Crippen LogP contribution is 2.17. The van der Waals surface area contributed by atoms with Gasteiger partial charge in [-0.15, -0.1) is 0 Å². The van der Waals surface area contributed by atoms with Gasteiger partial charge in [-0.2, -0.15) is 0 Å². The Morgan fingerprint density at radius 3 is 2.32 bits per heavy atom. The molecule has 1 aliphatic rings. The summed E-state index contributed by atoms with van der Waals surface area (Å²) >= 11 is 0. The largest absolute Gasteiger partial charge is 0.349 e. The molecule has 0 aliphatic carbocycles. The standard InChI is InChI=1S/C16H26N2O/c1-4-18-13(2)11-15(14(18)3)16(19)12-17-9-7-5-6-8-10-17/h11H,4-10,12H2,1-3H3. The molecular weight excluding hydrogens is 236 g/mol. The molecule has 0 bridgehead atoms. The third-order valence-corrected chi connectivity index (χ3v) is 4.26. The SMILES string of the molecule is CCn1c(C)cc(C(=O)CN2CCCCCC2)c1C. The predicted octanol–water partition coefficient (Wildman–Crippen LogP) is 3.18. The number of aryl methyl sites for hydroxylation is 1. The number of aromatic nitrogens is 1. The molecule has 1 saturated heterocycles. The van der Waals surface area contributed by atoms with Crippen LogP contribution in [0.4, 0.5) is 0 Å². The molecule has 0 atom stereocenters. The smallest absolute Gasteiger partial charge is 0.178 e.